The number of amides is 2. The molecule has 108 valence electrons. The molecule has 0 radical (unpaired) electrons. The van der Waals surface area contributed by atoms with Gasteiger partial charge in [0.2, 0.25) is 11.8 Å². The molecule has 0 spiro atoms. The zero-order valence-corrected chi connectivity index (χ0v) is 11.1. The lowest BCUT2D eigenvalue weighted by molar-refractivity contribution is -0.138. The molecule has 0 bridgehead atoms. The summed E-state index contributed by atoms with van der Waals surface area (Å²) in [6.45, 7) is -0.234. The van der Waals surface area contributed by atoms with Gasteiger partial charge >= 0.3 is 5.97 Å². The van der Waals surface area contributed by atoms with Crippen LogP contribution in [0.5, 0.6) is 0 Å². The van der Waals surface area contributed by atoms with Gasteiger partial charge in [0.05, 0.1) is 17.6 Å². The van der Waals surface area contributed by atoms with Gasteiger partial charge in [-0.25, -0.2) is 0 Å². The minimum Gasteiger partial charge on any atom is -0.480 e. The van der Waals surface area contributed by atoms with E-state index in [1.54, 1.807) is 18.3 Å². The van der Waals surface area contributed by atoms with Gasteiger partial charge in [0, 0.05) is 11.8 Å². The van der Waals surface area contributed by atoms with E-state index >= 15 is 0 Å². The van der Waals surface area contributed by atoms with E-state index in [0.29, 0.717) is 18.4 Å². The number of carbonyl (C=O) groups is 3. The average Bonchev–Trinajstić information content (AvgIpc) is 2.82. The third kappa shape index (κ3) is 2.37. The van der Waals surface area contributed by atoms with Crippen LogP contribution in [0.1, 0.15) is 24.3 Å². The number of carboxylic acid groups (broad SMARTS) is 1. The third-order valence-electron chi connectivity index (χ3n) is 3.62. The number of aromatic nitrogens is 2. The standard InChI is InChI=1S/C14H13N3O4/c18-12-5-4-9(14(21)16-12)8-2-1-3-11-10(8)6-15-17(11)7-13(19)20/h1-3,6,9H,4-5,7H2,(H,19,20)(H,16,18,21). The molecule has 0 aliphatic carbocycles. The summed E-state index contributed by atoms with van der Waals surface area (Å²) < 4.78 is 1.38. The van der Waals surface area contributed by atoms with Gasteiger partial charge in [-0.3, -0.25) is 24.4 Å². The number of rotatable bonds is 3. The molecule has 2 N–H and O–H groups in total. The highest BCUT2D eigenvalue weighted by molar-refractivity contribution is 6.02. The first-order valence-corrected chi connectivity index (χ1v) is 6.56. The van der Waals surface area contributed by atoms with Crippen molar-refractivity contribution < 1.29 is 19.5 Å². The summed E-state index contributed by atoms with van der Waals surface area (Å²) in [5.41, 5.74) is 1.44. The maximum atomic E-state index is 12.0. The molecular weight excluding hydrogens is 274 g/mol. The Hall–Kier alpha value is -2.70. The third-order valence-corrected chi connectivity index (χ3v) is 3.62. The second kappa shape index (κ2) is 5.01. The Morgan fingerprint density at radius 3 is 2.95 bits per heavy atom. The molecule has 1 atom stereocenters. The fraction of sp³-hybridized carbons (Fsp3) is 0.286. The SMILES string of the molecule is O=C(O)Cn1ncc2c(C3CCC(=O)NC3=O)cccc21. The van der Waals surface area contributed by atoms with Crippen LogP contribution in [0.4, 0.5) is 0 Å². The van der Waals surface area contributed by atoms with Gasteiger partial charge in [0.15, 0.2) is 0 Å². The van der Waals surface area contributed by atoms with Gasteiger partial charge < -0.3 is 5.11 Å². The van der Waals surface area contributed by atoms with E-state index < -0.39 is 11.9 Å². The summed E-state index contributed by atoms with van der Waals surface area (Å²) in [5, 5.41) is 16.0. The topological polar surface area (TPSA) is 101 Å². The van der Waals surface area contributed by atoms with Crippen molar-refractivity contribution in [2.75, 3.05) is 0 Å². The minimum atomic E-state index is -0.980. The average molecular weight is 287 g/mol. The molecular formula is C14H13N3O4. The molecule has 21 heavy (non-hydrogen) atoms. The van der Waals surface area contributed by atoms with Crippen molar-refractivity contribution in [3.63, 3.8) is 0 Å². The van der Waals surface area contributed by atoms with Gasteiger partial charge in [0.25, 0.3) is 0 Å². The summed E-state index contributed by atoms with van der Waals surface area (Å²) in [7, 11) is 0. The first kappa shape index (κ1) is 13.3. The maximum absolute atomic E-state index is 12.0. The zero-order chi connectivity index (χ0) is 15.0. The number of nitrogens with one attached hydrogen (secondary N) is 1. The first-order chi connectivity index (χ1) is 10.1. The fourth-order valence-corrected chi connectivity index (χ4v) is 2.67. The molecule has 2 heterocycles. The first-order valence-electron chi connectivity index (χ1n) is 6.56. The molecule has 0 saturated carbocycles. The van der Waals surface area contributed by atoms with E-state index in [1.807, 2.05) is 6.07 Å². The van der Waals surface area contributed by atoms with Crippen molar-refractivity contribution in [3.05, 3.63) is 30.0 Å². The van der Waals surface area contributed by atoms with Gasteiger partial charge in [-0.15, -0.1) is 0 Å². The van der Waals surface area contributed by atoms with Crippen molar-refractivity contribution in [2.45, 2.75) is 25.3 Å². The van der Waals surface area contributed by atoms with E-state index in [0.717, 1.165) is 10.9 Å². The van der Waals surface area contributed by atoms with E-state index in [2.05, 4.69) is 10.4 Å². The number of benzene rings is 1. The number of carbonyl (C=O) groups excluding carboxylic acids is 2. The van der Waals surface area contributed by atoms with E-state index in [9.17, 15) is 14.4 Å². The number of carboxylic acids is 1. The van der Waals surface area contributed by atoms with Crippen LogP contribution in [-0.2, 0) is 20.9 Å². The lowest BCUT2D eigenvalue weighted by Gasteiger charge is -2.21. The van der Waals surface area contributed by atoms with Gasteiger partial charge in [-0.2, -0.15) is 5.10 Å². The number of aliphatic carboxylic acids is 1. The lowest BCUT2D eigenvalue weighted by Crippen LogP contribution is -2.39. The predicted molar refractivity (Wildman–Crippen MR) is 72.5 cm³/mol. The highest BCUT2D eigenvalue weighted by Crippen LogP contribution is 2.30. The summed E-state index contributed by atoms with van der Waals surface area (Å²) >= 11 is 0. The number of nitrogens with zero attached hydrogens (tertiary/aromatic N) is 2. The summed E-state index contributed by atoms with van der Waals surface area (Å²) in [4.78, 5) is 34.0. The van der Waals surface area contributed by atoms with Crippen molar-refractivity contribution in [2.24, 2.45) is 0 Å². The number of piperidine rings is 1. The number of hydrogen-bond acceptors (Lipinski definition) is 4. The lowest BCUT2D eigenvalue weighted by atomic mass is 9.88. The molecule has 1 aliphatic rings. The molecule has 1 saturated heterocycles. The van der Waals surface area contributed by atoms with Crippen LogP contribution in [-0.4, -0.2) is 32.7 Å². The second-order valence-corrected chi connectivity index (χ2v) is 4.98. The fourth-order valence-electron chi connectivity index (χ4n) is 2.67. The van der Waals surface area contributed by atoms with Gasteiger partial charge in [-0.1, -0.05) is 12.1 Å². The Balaban J connectivity index is 2.03. The highest BCUT2D eigenvalue weighted by atomic mass is 16.4. The Morgan fingerprint density at radius 2 is 2.24 bits per heavy atom. The zero-order valence-electron chi connectivity index (χ0n) is 11.1. The number of fused-ring (bicyclic) bond motifs is 1. The van der Waals surface area contributed by atoms with Crippen molar-refractivity contribution in [1.82, 2.24) is 15.1 Å². The Morgan fingerprint density at radius 1 is 1.43 bits per heavy atom. The molecule has 7 heteroatoms. The molecule has 7 nitrogen and oxygen atoms in total. The van der Waals surface area contributed by atoms with E-state index in [1.165, 1.54) is 4.68 Å². The van der Waals surface area contributed by atoms with Crippen molar-refractivity contribution in [3.8, 4) is 0 Å². The molecule has 2 amide bonds. The predicted octanol–water partition coefficient (Wildman–Crippen LogP) is 0.641. The van der Waals surface area contributed by atoms with Crippen LogP contribution >= 0.6 is 0 Å². The van der Waals surface area contributed by atoms with Crippen LogP contribution < -0.4 is 5.32 Å². The van der Waals surface area contributed by atoms with Gasteiger partial charge in [-0.05, 0) is 18.1 Å². The normalized spacial score (nSPS) is 18.8. The minimum absolute atomic E-state index is 0.234. The summed E-state index contributed by atoms with van der Waals surface area (Å²) in [5.74, 6) is -1.96. The van der Waals surface area contributed by atoms with Crippen LogP contribution in [0.3, 0.4) is 0 Å². The molecule has 2 aromatic rings. The summed E-state index contributed by atoms with van der Waals surface area (Å²) in [6, 6.07) is 5.34. The monoisotopic (exact) mass is 287 g/mol. The van der Waals surface area contributed by atoms with Crippen LogP contribution in [0.15, 0.2) is 24.4 Å². The molecule has 1 aromatic carbocycles. The van der Waals surface area contributed by atoms with Crippen LogP contribution in [0, 0.1) is 0 Å². The molecule has 3 rings (SSSR count). The van der Waals surface area contributed by atoms with Crippen LogP contribution in [0.25, 0.3) is 10.9 Å². The Bertz CT molecular complexity index is 750. The molecule has 1 aliphatic heterocycles. The van der Waals surface area contributed by atoms with E-state index in [4.69, 9.17) is 5.11 Å². The largest absolute Gasteiger partial charge is 0.480 e. The van der Waals surface area contributed by atoms with Gasteiger partial charge in [0.1, 0.15) is 6.54 Å². The quantitative estimate of drug-likeness (QED) is 0.807. The van der Waals surface area contributed by atoms with E-state index in [-0.39, 0.29) is 18.4 Å². The highest BCUT2D eigenvalue weighted by Gasteiger charge is 2.29. The number of hydrogen-bond donors (Lipinski definition) is 2. The van der Waals surface area contributed by atoms with Crippen LogP contribution in [0.2, 0.25) is 0 Å². The Labute approximate surface area is 119 Å². The smallest absolute Gasteiger partial charge is 0.325 e. The molecule has 1 unspecified atom stereocenters. The molecule has 1 fully saturated rings. The maximum Gasteiger partial charge on any atom is 0.325 e. The Kier molecular flexibility index (Phi) is 3.17. The van der Waals surface area contributed by atoms with Crippen molar-refractivity contribution >= 4 is 28.7 Å². The molecule has 1 aromatic heterocycles. The van der Waals surface area contributed by atoms with Crippen molar-refractivity contribution in [1.29, 1.82) is 0 Å². The summed E-state index contributed by atoms with van der Waals surface area (Å²) in [6.07, 6.45) is 2.32. The number of imide groups is 1. The second-order valence-electron chi connectivity index (χ2n) is 4.98.